The number of nitrogens with zero attached hydrogens (tertiary/aromatic N) is 4. The van der Waals surface area contributed by atoms with Gasteiger partial charge in [0.1, 0.15) is 6.54 Å². The van der Waals surface area contributed by atoms with Crippen LogP contribution in [0.2, 0.25) is 5.02 Å². The summed E-state index contributed by atoms with van der Waals surface area (Å²) in [5.41, 5.74) is 1.62. The maximum absolute atomic E-state index is 12.2. The predicted octanol–water partition coefficient (Wildman–Crippen LogP) is 3.59. The number of nitrogens with one attached hydrogen (secondary N) is 1. The molecule has 0 spiro atoms. The smallest absolute Gasteiger partial charge is 0.338 e. The lowest BCUT2D eigenvalue weighted by atomic mass is 10.2. The number of halogens is 1. The highest BCUT2D eigenvalue weighted by Crippen LogP contribution is 2.23. The molecule has 0 radical (unpaired) electrons. The Morgan fingerprint density at radius 1 is 1.14 bits per heavy atom. The number of carbonyl (C=O) groups is 2. The Morgan fingerprint density at radius 3 is 2.62 bits per heavy atom. The Hall–Kier alpha value is -3.26. The maximum Gasteiger partial charge on any atom is 0.338 e. The monoisotopic (exact) mass is 413 g/mol. The summed E-state index contributed by atoms with van der Waals surface area (Å²) in [6, 6.07) is 13.6. The van der Waals surface area contributed by atoms with Gasteiger partial charge in [0.05, 0.1) is 17.2 Å². The number of benzene rings is 2. The second-order valence-electron chi connectivity index (χ2n) is 6.24. The van der Waals surface area contributed by atoms with Crippen molar-refractivity contribution in [2.45, 2.75) is 26.3 Å². The molecule has 8 nitrogen and oxygen atoms in total. The molecule has 1 N–H and O–H groups in total. The van der Waals surface area contributed by atoms with Crippen molar-refractivity contribution >= 4 is 29.2 Å². The van der Waals surface area contributed by atoms with Gasteiger partial charge in [-0.15, -0.1) is 10.2 Å². The third-order valence-electron chi connectivity index (χ3n) is 3.99. The number of rotatable bonds is 8. The number of hydrogen-bond acceptors (Lipinski definition) is 6. The molecule has 0 bridgehead atoms. The average Bonchev–Trinajstić information content (AvgIpc) is 3.17. The van der Waals surface area contributed by atoms with Gasteiger partial charge in [-0.05, 0) is 48.0 Å². The molecule has 0 atom stereocenters. The van der Waals surface area contributed by atoms with Crippen molar-refractivity contribution in [1.82, 2.24) is 20.2 Å². The zero-order chi connectivity index (χ0) is 20.6. The summed E-state index contributed by atoms with van der Waals surface area (Å²) in [6.45, 7) is 2.31. The van der Waals surface area contributed by atoms with Gasteiger partial charge < -0.3 is 10.1 Å². The molecule has 0 saturated carbocycles. The SMILES string of the molecule is CCCCOC(=O)c1ccc(NC(=O)Cn2nnc(-c3ccccc3Cl)n2)cc1. The van der Waals surface area contributed by atoms with Crippen molar-refractivity contribution in [2.75, 3.05) is 11.9 Å². The van der Waals surface area contributed by atoms with Crippen LogP contribution in [0.15, 0.2) is 48.5 Å². The van der Waals surface area contributed by atoms with E-state index in [2.05, 4.69) is 20.7 Å². The maximum atomic E-state index is 12.2. The van der Waals surface area contributed by atoms with Crippen molar-refractivity contribution in [1.29, 1.82) is 0 Å². The van der Waals surface area contributed by atoms with Crippen LogP contribution in [-0.4, -0.2) is 38.7 Å². The minimum absolute atomic E-state index is 0.113. The largest absolute Gasteiger partial charge is 0.462 e. The minimum atomic E-state index is -0.379. The summed E-state index contributed by atoms with van der Waals surface area (Å²) < 4.78 is 5.15. The quantitative estimate of drug-likeness (QED) is 0.447. The summed E-state index contributed by atoms with van der Waals surface area (Å²) in [5.74, 6) is -0.365. The van der Waals surface area contributed by atoms with Crippen LogP contribution in [0.1, 0.15) is 30.1 Å². The van der Waals surface area contributed by atoms with Gasteiger partial charge in [0, 0.05) is 11.3 Å². The number of esters is 1. The highest BCUT2D eigenvalue weighted by Gasteiger charge is 2.12. The first kappa shape index (κ1) is 20.5. The summed E-state index contributed by atoms with van der Waals surface area (Å²) in [5, 5.41) is 15.2. The molecule has 1 aromatic heterocycles. The van der Waals surface area contributed by atoms with E-state index in [9.17, 15) is 9.59 Å². The van der Waals surface area contributed by atoms with Gasteiger partial charge >= 0.3 is 5.97 Å². The molecule has 0 aliphatic carbocycles. The van der Waals surface area contributed by atoms with Crippen molar-refractivity contribution in [3.05, 3.63) is 59.1 Å². The van der Waals surface area contributed by atoms with E-state index in [-0.39, 0.29) is 18.4 Å². The molecule has 2 aromatic carbocycles. The molecule has 150 valence electrons. The number of aromatic nitrogens is 4. The van der Waals surface area contributed by atoms with Crippen LogP contribution in [0.4, 0.5) is 5.69 Å². The Labute approximate surface area is 172 Å². The molecule has 9 heteroatoms. The lowest BCUT2D eigenvalue weighted by molar-refractivity contribution is -0.117. The highest BCUT2D eigenvalue weighted by molar-refractivity contribution is 6.33. The van der Waals surface area contributed by atoms with Crippen molar-refractivity contribution in [3.63, 3.8) is 0 Å². The number of carbonyl (C=O) groups excluding carboxylic acids is 2. The molecule has 1 heterocycles. The number of unbranched alkanes of at least 4 members (excludes halogenated alkanes) is 1. The van der Waals surface area contributed by atoms with Crippen molar-refractivity contribution in [3.8, 4) is 11.4 Å². The Balaban J connectivity index is 1.56. The normalized spacial score (nSPS) is 10.6. The van der Waals surface area contributed by atoms with E-state index in [0.29, 0.717) is 34.3 Å². The first-order chi connectivity index (χ1) is 14.1. The van der Waals surface area contributed by atoms with Crippen LogP contribution in [0.3, 0.4) is 0 Å². The number of anilines is 1. The van der Waals surface area contributed by atoms with Crippen LogP contribution in [-0.2, 0) is 16.1 Å². The number of amides is 1. The molecule has 1 amide bonds. The van der Waals surface area contributed by atoms with Crippen molar-refractivity contribution < 1.29 is 14.3 Å². The van der Waals surface area contributed by atoms with Crippen LogP contribution in [0, 0.1) is 0 Å². The fraction of sp³-hybridized carbons (Fsp3) is 0.250. The summed E-state index contributed by atoms with van der Waals surface area (Å²) in [4.78, 5) is 25.3. The van der Waals surface area contributed by atoms with Crippen LogP contribution < -0.4 is 5.32 Å². The molecular formula is C20H20ClN5O3. The second-order valence-corrected chi connectivity index (χ2v) is 6.65. The molecule has 0 aliphatic rings. The number of hydrogen-bond donors (Lipinski definition) is 1. The van der Waals surface area contributed by atoms with Gasteiger partial charge in [0.15, 0.2) is 0 Å². The van der Waals surface area contributed by atoms with E-state index in [1.807, 2.05) is 13.0 Å². The molecule has 29 heavy (non-hydrogen) atoms. The summed E-state index contributed by atoms with van der Waals surface area (Å²) in [6.07, 6.45) is 1.78. The van der Waals surface area contributed by atoms with Gasteiger partial charge in [-0.1, -0.05) is 37.1 Å². The van der Waals surface area contributed by atoms with E-state index in [1.54, 1.807) is 42.5 Å². The fourth-order valence-electron chi connectivity index (χ4n) is 2.47. The predicted molar refractivity (Wildman–Crippen MR) is 109 cm³/mol. The van der Waals surface area contributed by atoms with Crippen LogP contribution in [0.25, 0.3) is 11.4 Å². The average molecular weight is 414 g/mol. The van der Waals surface area contributed by atoms with Gasteiger partial charge in [-0.25, -0.2) is 4.79 Å². The van der Waals surface area contributed by atoms with Gasteiger partial charge in [-0.2, -0.15) is 4.80 Å². The van der Waals surface area contributed by atoms with Crippen molar-refractivity contribution in [2.24, 2.45) is 0 Å². The van der Waals surface area contributed by atoms with E-state index in [4.69, 9.17) is 16.3 Å². The fourth-order valence-corrected chi connectivity index (χ4v) is 2.69. The Morgan fingerprint density at radius 2 is 1.90 bits per heavy atom. The Kier molecular flexibility index (Phi) is 6.91. The third kappa shape index (κ3) is 5.61. The van der Waals surface area contributed by atoms with E-state index in [1.165, 1.54) is 4.80 Å². The lowest BCUT2D eigenvalue weighted by Crippen LogP contribution is -2.20. The first-order valence-electron chi connectivity index (χ1n) is 9.16. The van der Waals surface area contributed by atoms with Gasteiger partial charge in [0.25, 0.3) is 0 Å². The topological polar surface area (TPSA) is 99.0 Å². The Bertz CT molecular complexity index is 988. The second kappa shape index (κ2) is 9.79. The summed E-state index contributed by atoms with van der Waals surface area (Å²) in [7, 11) is 0. The molecular weight excluding hydrogens is 394 g/mol. The highest BCUT2D eigenvalue weighted by atomic mass is 35.5. The molecule has 0 aliphatic heterocycles. The van der Waals surface area contributed by atoms with Gasteiger partial charge in [-0.3, -0.25) is 4.79 Å². The lowest BCUT2D eigenvalue weighted by Gasteiger charge is -2.06. The number of ether oxygens (including phenoxy) is 1. The van der Waals surface area contributed by atoms with E-state index >= 15 is 0 Å². The molecule has 0 saturated heterocycles. The first-order valence-corrected chi connectivity index (χ1v) is 9.54. The van der Waals surface area contributed by atoms with E-state index in [0.717, 1.165) is 12.8 Å². The van der Waals surface area contributed by atoms with E-state index < -0.39 is 0 Å². The standard InChI is InChI=1S/C20H20ClN5O3/c1-2-3-12-29-20(28)14-8-10-15(11-9-14)22-18(27)13-26-24-19(23-25-26)16-6-4-5-7-17(16)21/h4-11H,2-3,12-13H2,1H3,(H,22,27). The molecule has 0 unspecified atom stereocenters. The van der Waals surface area contributed by atoms with Gasteiger partial charge in [0.2, 0.25) is 11.7 Å². The molecule has 3 aromatic rings. The minimum Gasteiger partial charge on any atom is -0.462 e. The summed E-state index contributed by atoms with van der Waals surface area (Å²) >= 11 is 6.12. The van der Waals surface area contributed by atoms with Crippen LogP contribution in [0.5, 0.6) is 0 Å². The molecule has 3 rings (SSSR count). The zero-order valence-corrected chi connectivity index (χ0v) is 16.6. The third-order valence-corrected chi connectivity index (χ3v) is 4.32. The van der Waals surface area contributed by atoms with Crippen LogP contribution >= 0.6 is 11.6 Å². The number of tetrazole rings is 1. The molecule has 0 fully saturated rings. The zero-order valence-electron chi connectivity index (χ0n) is 15.8.